The predicted molar refractivity (Wildman–Crippen MR) is 63.6 cm³/mol. The van der Waals surface area contributed by atoms with Gasteiger partial charge in [-0.1, -0.05) is 24.3 Å². The molecular weight excluding hydrogens is 226 g/mol. The summed E-state index contributed by atoms with van der Waals surface area (Å²) in [6, 6.07) is 11.6. The second-order valence-corrected chi connectivity index (χ2v) is 4.21. The van der Waals surface area contributed by atoms with Crippen molar-refractivity contribution in [3.8, 4) is 11.1 Å². The lowest BCUT2D eigenvalue weighted by Crippen LogP contribution is -1.88. The van der Waals surface area contributed by atoms with Crippen LogP contribution in [-0.4, -0.2) is 6.26 Å². The minimum Gasteiger partial charge on any atom is -0.204 e. The number of hydrogen-bond donors (Lipinski definition) is 0. The van der Waals surface area contributed by atoms with Crippen molar-refractivity contribution < 1.29 is 8.78 Å². The first kappa shape index (κ1) is 11.1. The number of rotatable bonds is 2. The predicted octanol–water partition coefficient (Wildman–Crippen LogP) is 4.35. The van der Waals surface area contributed by atoms with Gasteiger partial charge in [0.05, 0.1) is 0 Å². The Morgan fingerprint density at radius 1 is 0.938 bits per heavy atom. The normalized spacial score (nSPS) is 10.4. The molecule has 0 nitrogen and oxygen atoms in total. The molecule has 3 heteroatoms. The molecule has 0 spiro atoms. The summed E-state index contributed by atoms with van der Waals surface area (Å²) < 4.78 is 26.5. The van der Waals surface area contributed by atoms with E-state index in [1.54, 1.807) is 30.0 Å². The van der Waals surface area contributed by atoms with E-state index in [2.05, 4.69) is 0 Å². The van der Waals surface area contributed by atoms with Crippen LogP contribution in [0.15, 0.2) is 47.4 Å². The average Bonchev–Trinajstić information content (AvgIpc) is 2.33. The van der Waals surface area contributed by atoms with Gasteiger partial charge in [0.2, 0.25) is 0 Å². The molecule has 0 saturated heterocycles. The van der Waals surface area contributed by atoms with Crippen LogP contribution < -0.4 is 0 Å². The van der Waals surface area contributed by atoms with Crippen LogP contribution in [0.1, 0.15) is 0 Å². The molecule has 0 fully saturated rings. The molecule has 0 unspecified atom stereocenters. The molecule has 0 radical (unpaired) electrons. The summed E-state index contributed by atoms with van der Waals surface area (Å²) in [7, 11) is 0. The number of halogens is 2. The van der Waals surface area contributed by atoms with Crippen molar-refractivity contribution in [3.05, 3.63) is 54.1 Å². The second-order valence-electron chi connectivity index (χ2n) is 3.33. The van der Waals surface area contributed by atoms with Gasteiger partial charge in [0.1, 0.15) is 0 Å². The molecule has 0 aromatic heterocycles. The molecule has 82 valence electrons. The number of thioether (sulfide) groups is 1. The van der Waals surface area contributed by atoms with Crippen LogP contribution in [0, 0.1) is 11.6 Å². The van der Waals surface area contributed by atoms with E-state index in [1.165, 1.54) is 6.07 Å². The number of hydrogen-bond acceptors (Lipinski definition) is 1. The van der Waals surface area contributed by atoms with E-state index >= 15 is 0 Å². The fraction of sp³-hybridized carbons (Fsp3) is 0.0769. The molecule has 0 atom stereocenters. The zero-order valence-electron chi connectivity index (χ0n) is 8.71. The van der Waals surface area contributed by atoms with E-state index < -0.39 is 11.6 Å². The SMILES string of the molecule is CSc1ccc(-c2cccc(F)c2F)cc1. The highest BCUT2D eigenvalue weighted by atomic mass is 32.2. The van der Waals surface area contributed by atoms with Crippen molar-refractivity contribution >= 4 is 11.8 Å². The largest absolute Gasteiger partial charge is 0.204 e. The summed E-state index contributed by atoms with van der Waals surface area (Å²) in [4.78, 5) is 1.10. The summed E-state index contributed by atoms with van der Waals surface area (Å²) in [5, 5.41) is 0. The molecule has 0 aliphatic rings. The zero-order valence-corrected chi connectivity index (χ0v) is 9.52. The summed E-state index contributed by atoms with van der Waals surface area (Å²) >= 11 is 1.61. The molecule has 0 N–H and O–H groups in total. The van der Waals surface area contributed by atoms with Gasteiger partial charge in [0.25, 0.3) is 0 Å². The second kappa shape index (κ2) is 4.66. The van der Waals surface area contributed by atoms with Crippen molar-refractivity contribution in [3.63, 3.8) is 0 Å². The Bertz CT molecular complexity index is 492. The smallest absolute Gasteiger partial charge is 0.166 e. The molecule has 0 amide bonds. The van der Waals surface area contributed by atoms with Gasteiger partial charge in [-0.2, -0.15) is 0 Å². The van der Waals surface area contributed by atoms with Gasteiger partial charge in [0, 0.05) is 10.5 Å². The van der Waals surface area contributed by atoms with Gasteiger partial charge in [-0.25, -0.2) is 8.78 Å². The number of benzene rings is 2. The Labute approximate surface area is 97.3 Å². The van der Waals surface area contributed by atoms with E-state index in [9.17, 15) is 8.78 Å². The molecule has 0 heterocycles. The minimum absolute atomic E-state index is 0.299. The average molecular weight is 236 g/mol. The molecule has 16 heavy (non-hydrogen) atoms. The van der Waals surface area contributed by atoms with Crippen LogP contribution in [0.25, 0.3) is 11.1 Å². The highest BCUT2D eigenvalue weighted by Crippen LogP contribution is 2.26. The first-order chi connectivity index (χ1) is 7.72. The van der Waals surface area contributed by atoms with Crippen LogP contribution in [0.4, 0.5) is 8.78 Å². The van der Waals surface area contributed by atoms with Crippen molar-refractivity contribution in [1.82, 2.24) is 0 Å². The third kappa shape index (κ3) is 2.09. The highest BCUT2D eigenvalue weighted by molar-refractivity contribution is 7.98. The lowest BCUT2D eigenvalue weighted by molar-refractivity contribution is 0.511. The standard InChI is InChI=1S/C13H10F2S/c1-16-10-7-5-9(6-8-10)11-3-2-4-12(14)13(11)15/h2-8H,1H3. The summed E-state index contributed by atoms with van der Waals surface area (Å²) in [6.07, 6.45) is 1.97. The van der Waals surface area contributed by atoms with Crippen LogP contribution in [0.5, 0.6) is 0 Å². The Kier molecular flexibility index (Phi) is 3.25. The van der Waals surface area contributed by atoms with Crippen LogP contribution >= 0.6 is 11.8 Å². The van der Waals surface area contributed by atoms with E-state index in [0.29, 0.717) is 11.1 Å². The summed E-state index contributed by atoms with van der Waals surface area (Å²) in [5.74, 6) is -1.61. The first-order valence-corrected chi connectivity index (χ1v) is 6.03. The highest BCUT2D eigenvalue weighted by Gasteiger charge is 2.08. The Morgan fingerprint density at radius 2 is 1.62 bits per heavy atom. The van der Waals surface area contributed by atoms with Crippen molar-refractivity contribution in [2.75, 3.05) is 6.26 Å². The molecule has 2 aromatic carbocycles. The molecule has 2 aromatic rings. The van der Waals surface area contributed by atoms with Gasteiger partial charge in [-0.15, -0.1) is 11.8 Å². The van der Waals surface area contributed by atoms with Crippen molar-refractivity contribution in [2.45, 2.75) is 4.90 Å². The quantitative estimate of drug-likeness (QED) is 0.698. The molecule has 0 aliphatic carbocycles. The Morgan fingerprint density at radius 3 is 2.25 bits per heavy atom. The molecule has 0 aliphatic heterocycles. The fourth-order valence-corrected chi connectivity index (χ4v) is 1.91. The fourth-order valence-electron chi connectivity index (χ4n) is 1.50. The van der Waals surface area contributed by atoms with Gasteiger partial charge in [0.15, 0.2) is 11.6 Å². The van der Waals surface area contributed by atoms with E-state index in [1.807, 2.05) is 18.4 Å². The first-order valence-electron chi connectivity index (χ1n) is 4.81. The summed E-state index contributed by atoms with van der Waals surface area (Å²) in [5.41, 5.74) is 0.988. The van der Waals surface area contributed by atoms with Crippen LogP contribution in [0.2, 0.25) is 0 Å². The van der Waals surface area contributed by atoms with Crippen molar-refractivity contribution in [1.29, 1.82) is 0 Å². The lowest BCUT2D eigenvalue weighted by Gasteiger charge is -2.04. The third-order valence-electron chi connectivity index (χ3n) is 2.35. The maximum atomic E-state index is 13.5. The van der Waals surface area contributed by atoms with Crippen molar-refractivity contribution in [2.24, 2.45) is 0 Å². The maximum absolute atomic E-state index is 13.5. The third-order valence-corrected chi connectivity index (χ3v) is 3.10. The molecule has 0 saturated carbocycles. The van der Waals surface area contributed by atoms with Gasteiger partial charge >= 0.3 is 0 Å². The maximum Gasteiger partial charge on any atom is 0.166 e. The van der Waals surface area contributed by atoms with E-state index in [-0.39, 0.29) is 0 Å². The Hall–Kier alpha value is -1.35. The minimum atomic E-state index is -0.813. The Balaban J connectivity index is 2.46. The van der Waals surface area contributed by atoms with Gasteiger partial charge in [-0.05, 0) is 30.0 Å². The molecule has 2 rings (SSSR count). The topological polar surface area (TPSA) is 0 Å². The summed E-state index contributed by atoms with van der Waals surface area (Å²) in [6.45, 7) is 0. The molecular formula is C13H10F2S. The van der Waals surface area contributed by atoms with Gasteiger partial charge in [-0.3, -0.25) is 0 Å². The lowest BCUT2D eigenvalue weighted by atomic mass is 10.1. The monoisotopic (exact) mass is 236 g/mol. The van der Waals surface area contributed by atoms with Crippen LogP contribution in [-0.2, 0) is 0 Å². The molecule has 0 bridgehead atoms. The van der Waals surface area contributed by atoms with Crippen LogP contribution in [0.3, 0.4) is 0 Å². The van der Waals surface area contributed by atoms with E-state index in [4.69, 9.17) is 0 Å². The van der Waals surface area contributed by atoms with Gasteiger partial charge < -0.3 is 0 Å². The van der Waals surface area contributed by atoms with E-state index in [0.717, 1.165) is 11.0 Å². The zero-order chi connectivity index (χ0) is 11.5.